The Morgan fingerprint density at radius 1 is 0.971 bits per heavy atom. The number of rotatable bonds is 9. The summed E-state index contributed by atoms with van der Waals surface area (Å²) >= 11 is 1.83. The molecule has 2 atom stereocenters. The Balaban J connectivity index is 1.48. The van der Waals surface area contributed by atoms with Crippen molar-refractivity contribution in [1.29, 1.82) is 0 Å². The van der Waals surface area contributed by atoms with Crippen molar-refractivity contribution in [2.24, 2.45) is 11.7 Å². The SMILES string of the molecule is C/C=C(\S/C=C(\C)Cc1cc(C)c(CCN)cc1C)c1cccc(-c2cccc([C@H]3CC3C)c2)c1. The van der Waals surface area contributed by atoms with Crippen LogP contribution in [0.25, 0.3) is 16.0 Å². The second-order valence-electron chi connectivity index (χ2n) is 10.2. The van der Waals surface area contributed by atoms with Gasteiger partial charge in [-0.25, -0.2) is 0 Å². The number of allylic oxidation sites excluding steroid dienone is 2. The van der Waals surface area contributed by atoms with Gasteiger partial charge >= 0.3 is 0 Å². The Morgan fingerprint density at radius 3 is 2.31 bits per heavy atom. The van der Waals surface area contributed by atoms with E-state index in [1.165, 1.54) is 61.4 Å². The van der Waals surface area contributed by atoms with Gasteiger partial charge in [0.05, 0.1) is 0 Å². The first-order chi connectivity index (χ1) is 16.9. The first-order valence-electron chi connectivity index (χ1n) is 12.9. The van der Waals surface area contributed by atoms with E-state index in [4.69, 9.17) is 5.73 Å². The van der Waals surface area contributed by atoms with Crippen molar-refractivity contribution in [3.63, 3.8) is 0 Å². The van der Waals surface area contributed by atoms with Crippen LogP contribution in [0.4, 0.5) is 0 Å². The summed E-state index contributed by atoms with van der Waals surface area (Å²) < 4.78 is 0. The van der Waals surface area contributed by atoms with Crippen LogP contribution in [-0.4, -0.2) is 6.54 Å². The second-order valence-corrected chi connectivity index (χ2v) is 11.1. The largest absolute Gasteiger partial charge is 0.330 e. The maximum absolute atomic E-state index is 5.78. The van der Waals surface area contributed by atoms with Gasteiger partial charge < -0.3 is 5.73 Å². The molecule has 1 aliphatic carbocycles. The third-order valence-electron chi connectivity index (χ3n) is 7.23. The summed E-state index contributed by atoms with van der Waals surface area (Å²) in [6, 6.07) is 22.8. The number of aryl methyl sites for hydroxylation is 2. The minimum absolute atomic E-state index is 0.702. The van der Waals surface area contributed by atoms with E-state index in [0.29, 0.717) is 6.54 Å². The fraction of sp³-hybridized carbons (Fsp3) is 0.333. The first-order valence-corrected chi connectivity index (χ1v) is 13.8. The molecule has 1 saturated carbocycles. The summed E-state index contributed by atoms with van der Waals surface area (Å²) in [5.74, 6) is 1.58. The van der Waals surface area contributed by atoms with Crippen LogP contribution in [0.3, 0.4) is 0 Å². The molecule has 0 saturated heterocycles. The van der Waals surface area contributed by atoms with Crippen LogP contribution >= 0.6 is 11.8 Å². The van der Waals surface area contributed by atoms with Gasteiger partial charge in [-0.15, -0.1) is 0 Å². The number of hydrogen-bond acceptors (Lipinski definition) is 2. The molecule has 0 amide bonds. The Kier molecular flexibility index (Phi) is 8.36. The van der Waals surface area contributed by atoms with Crippen molar-refractivity contribution in [3.8, 4) is 11.1 Å². The Morgan fingerprint density at radius 2 is 1.63 bits per heavy atom. The molecule has 4 rings (SSSR count). The monoisotopic (exact) mass is 481 g/mol. The molecule has 0 heterocycles. The Hall–Kier alpha value is -2.55. The van der Waals surface area contributed by atoms with Crippen LogP contribution in [0.5, 0.6) is 0 Å². The van der Waals surface area contributed by atoms with Crippen LogP contribution in [-0.2, 0) is 12.8 Å². The summed E-state index contributed by atoms with van der Waals surface area (Å²) in [6.45, 7) is 11.8. The van der Waals surface area contributed by atoms with Gasteiger partial charge in [0.25, 0.3) is 0 Å². The molecule has 0 aliphatic heterocycles. The third-order valence-corrected chi connectivity index (χ3v) is 8.48. The zero-order valence-corrected chi connectivity index (χ0v) is 22.7. The van der Waals surface area contributed by atoms with E-state index in [1.807, 2.05) is 11.8 Å². The maximum Gasteiger partial charge on any atom is 0.0146 e. The standard InChI is InChI=1S/C33H39NS/c1-6-33(35-21-22(2)15-31-17-23(3)26(13-14-34)16-24(31)4)30-12-8-10-28(20-30)27-9-7-11-29(19-27)32-18-25(32)5/h6-12,16-17,19-21,25,32H,13-15,18,34H2,1-5H3/b22-21+,33-6-/t25?,32-/m0/s1. The van der Waals surface area contributed by atoms with E-state index < -0.39 is 0 Å². The highest BCUT2D eigenvalue weighted by molar-refractivity contribution is 8.10. The topological polar surface area (TPSA) is 26.0 Å². The van der Waals surface area contributed by atoms with Gasteiger partial charge in [0, 0.05) is 4.91 Å². The average Bonchev–Trinajstić information content (AvgIpc) is 3.59. The van der Waals surface area contributed by atoms with Gasteiger partial charge in [-0.1, -0.05) is 84.9 Å². The van der Waals surface area contributed by atoms with Gasteiger partial charge in [-0.3, -0.25) is 0 Å². The molecule has 2 heteroatoms. The minimum atomic E-state index is 0.702. The summed E-state index contributed by atoms with van der Waals surface area (Å²) in [7, 11) is 0. The predicted octanol–water partition coefficient (Wildman–Crippen LogP) is 8.84. The number of hydrogen-bond donors (Lipinski definition) is 1. The molecule has 1 unspecified atom stereocenters. The molecule has 35 heavy (non-hydrogen) atoms. The van der Waals surface area contributed by atoms with E-state index >= 15 is 0 Å². The molecule has 0 aromatic heterocycles. The lowest BCUT2D eigenvalue weighted by Gasteiger charge is -2.13. The van der Waals surface area contributed by atoms with Gasteiger partial charge in [0.15, 0.2) is 0 Å². The Bertz CT molecular complexity index is 1250. The fourth-order valence-corrected chi connectivity index (χ4v) is 5.76. The number of benzene rings is 3. The molecule has 0 bridgehead atoms. The first kappa shape index (κ1) is 25.5. The van der Waals surface area contributed by atoms with Crippen molar-refractivity contribution in [3.05, 3.63) is 111 Å². The molecule has 2 N–H and O–H groups in total. The Labute approximate surface area is 216 Å². The van der Waals surface area contributed by atoms with E-state index in [9.17, 15) is 0 Å². The van der Waals surface area contributed by atoms with Gasteiger partial charge in [-0.2, -0.15) is 0 Å². The number of thioether (sulfide) groups is 1. The maximum atomic E-state index is 5.78. The summed E-state index contributed by atoms with van der Waals surface area (Å²) in [4.78, 5) is 1.30. The van der Waals surface area contributed by atoms with Crippen molar-refractivity contribution in [2.75, 3.05) is 6.54 Å². The zero-order chi connectivity index (χ0) is 24.9. The van der Waals surface area contributed by atoms with Crippen molar-refractivity contribution < 1.29 is 0 Å². The lowest BCUT2D eigenvalue weighted by atomic mass is 9.95. The van der Waals surface area contributed by atoms with Crippen LogP contribution in [0.1, 0.15) is 66.5 Å². The summed E-state index contributed by atoms with van der Waals surface area (Å²) in [5.41, 5.74) is 18.0. The predicted molar refractivity (Wildman–Crippen MR) is 156 cm³/mol. The molecule has 1 nitrogen and oxygen atoms in total. The highest BCUT2D eigenvalue weighted by atomic mass is 32.2. The highest BCUT2D eigenvalue weighted by Gasteiger charge is 2.33. The lowest BCUT2D eigenvalue weighted by Crippen LogP contribution is -2.05. The molecular formula is C33H39NS. The van der Waals surface area contributed by atoms with Crippen LogP contribution in [0, 0.1) is 19.8 Å². The van der Waals surface area contributed by atoms with Crippen molar-refractivity contribution in [2.45, 2.75) is 59.8 Å². The molecule has 1 aliphatic rings. The average molecular weight is 482 g/mol. The van der Waals surface area contributed by atoms with E-state index in [2.05, 4.69) is 107 Å². The quantitative estimate of drug-likeness (QED) is 0.330. The second kappa shape index (κ2) is 11.5. The molecule has 1 fully saturated rings. The third kappa shape index (κ3) is 6.37. The van der Waals surface area contributed by atoms with Gasteiger partial charge in [0.1, 0.15) is 0 Å². The van der Waals surface area contributed by atoms with Crippen LogP contribution in [0.15, 0.2) is 77.7 Å². The lowest BCUT2D eigenvalue weighted by molar-refractivity contribution is 0.915. The summed E-state index contributed by atoms with van der Waals surface area (Å²) in [5, 5.41) is 2.32. The highest BCUT2D eigenvalue weighted by Crippen LogP contribution is 2.47. The van der Waals surface area contributed by atoms with Crippen molar-refractivity contribution in [1.82, 2.24) is 0 Å². The van der Waals surface area contributed by atoms with E-state index in [1.54, 1.807) is 0 Å². The molecular weight excluding hydrogens is 442 g/mol. The molecule has 0 spiro atoms. The van der Waals surface area contributed by atoms with Crippen molar-refractivity contribution >= 4 is 16.7 Å². The molecule has 3 aromatic carbocycles. The van der Waals surface area contributed by atoms with Gasteiger partial charge in [0.2, 0.25) is 0 Å². The molecule has 0 radical (unpaired) electrons. The van der Waals surface area contributed by atoms with Crippen LogP contribution in [0.2, 0.25) is 0 Å². The molecule has 182 valence electrons. The number of nitrogens with two attached hydrogens (primary N) is 1. The van der Waals surface area contributed by atoms with E-state index in [-0.39, 0.29) is 0 Å². The van der Waals surface area contributed by atoms with Gasteiger partial charge in [-0.05, 0) is 121 Å². The summed E-state index contributed by atoms with van der Waals surface area (Å²) in [6.07, 6.45) is 5.48. The van der Waals surface area contributed by atoms with Crippen LogP contribution < -0.4 is 5.73 Å². The van der Waals surface area contributed by atoms with E-state index in [0.717, 1.165) is 24.7 Å². The normalized spacial score (nSPS) is 18.1. The smallest absolute Gasteiger partial charge is 0.0146 e. The zero-order valence-electron chi connectivity index (χ0n) is 21.9. The fourth-order valence-electron chi connectivity index (χ4n) is 4.95. The minimum Gasteiger partial charge on any atom is -0.330 e. The molecule has 3 aromatic rings.